The van der Waals surface area contributed by atoms with Crippen molar-refractivity contribution in [2.24, 2.45) is 11.8 Å². The molecule has 2 unspecified atom stereocenters. The van der Waals surface area contributed by atoms with E-state index in [4.69, 9.17) is 0 Å². The number of ether oxygens (including phenoxy) is 1. The van der Waals surface area contributed by atoms with E-state index >= 15 is 0 Å². The Kier molecular flexibility index (Phi) is 5.98. The predicted octanol–water partition coefficient (Wildman–Crippen LogP) is 0.559. The standard InChI is InChI=1S/C14H24N2O4/c1-9(2)16(8-13(18)20-4)12(17)5-6-15-14(19)11-7-10(11)3/h9-11H,5-8H2,1-4H3,(H,15,19). The summed E-state index contributed by atoms with van der Waals surface area (Å²) < 4.78 is 4.57. The molecule has 1 aliphatic rings. The Balaban J connectivity index is 2.34. The van der Waals surface area contributed by atoms with Gasteiger partial charge in [0.05, 0.1) is 7.11 Å². The highest BCUT2D eigenvalue weighted by Crippen LogP contribution is 2.37. The monoisotopic (exact) mass is 284 g/mol. The maximum Gasteiger partial charge on any atom is 0.325 e. The van der Waals surface area contributed by atoms with E-state index in [-0.39, 0.29) is 36.7 Å². The third-order valence-corrected chi connectivity index (χ3v) is 3.56. The van der Waals surface area contributed by atoms with Gasteiger partial charge in [-0.15, -0.1) is 0 Å². The van der Waals surface area contributed by atoms with Crippen LogP contribution in [-0.4, -0.2) is 48.9 Å². The van der Waals surface area contributed by atoms with Crippen LogP contribution in [0.4, 0.5) is 0 Å². The number of hydrogen-bond acceptors (Lipinski definition) is 4. The molecule has 0 spiro atoms. The van der Waals surface area contributed by atoms with Crippen LogP contribution in [0.5, 0.6) is 0 Å². The molecule has 6 nitrogen and oxygen atoms in total. The van der Waals surface area contributed by atoms with Gasteiger partial charge in [-0.3, -0.25) is 14.4 Å². The van der Waals surface area contributed by atoms with Gasteiger partial charge in [0.25, 0.3) is 0 Å². The summed E-state index contributed by atoms with van der Waals surface area (Å²) in [7, 11) is 1.29. The zero-order valence-corrected chi connectivity index (χ0v) is 12.6. The van der Waals surface area contributed by atoms with E-state index in [1.54, 1.807) is 0 Å². The highest BCUT2D eigenvalue weighted by atomic mass is 16.5. The molecule has 0 saturated heterocycles. The first-order chi connectivity index (χ1) is 9.36. The molecule has 1 saturated carbocycles. The van der Waals surface area contributed by atoms with Crippen LogP contribution in [-0.2, 0) is 19.1 Å². The Morgan fingerprint density at radius 1 is 1.35 bits per heavy atom. The molecule has 114 valence electrons. The summed E-state index contributed by atoms with van der Waals surface area (Å²) >= 11 is 0. The molecule has 0 radical (unpaired) electrons. The van der Waals surface area contributed by atoms with Crippen molar-refractivity contribution in [3.8, 4) is 0 Å². The number of nitrogens with zero attached hydrogens (tertiary/aromatic N) is 1. The number of amides is 2. The number of esters is 1. The lowest BCUT2D eigenvalue weighted by Gasteiger charge is -2.25. The highest BCUT2D eigenvalue weighted by molar-refractivity contribution is 5.84. The van der Waals surface area contributed by atoms with Gasteiger partial charge in [0.15, 0.2) is 0 Å². The largest absolute Gasteiger partial charge is 0.468 e. The molecule has 0 bridgehead atoms. The van der Waals surface area contributed by atoms with Crippen molar-refractivity contribution in [1.82, 2.24) is 10.2 Å². The molecular formula is C14H24N2O4. The Morgan fingerprint density at radius 3 is 2.40 bits per heavy atom. The normalized spacial score (nSPS) is 20.4. The first-order valence-electron chi connectivity index (χ1n) is 7.00. The fraction of sp³-hybridized carbons (Fsp3) is 0.786. The second kappa shape index (κ2) is 7.26. The SMILES string of the molecule is COC(=O)CN(C(=O)CCNC(=O)C1CC1C)C(C)C. The maximum atomic E-state index is 12.0. The van der Waals surface area contributed by atoms with E-state index in [1.165, 1.54) is 12.0 Å². The summed E-state index contributed by atoms with van der Waals surface area (Å²) in [4.78, 5) is 36.4. The van der Waals surface area contributed by atoms with Crippen molar-refractivity contribution in [1.29, 1.82) is 0 Å². The second-order valence-corrected chi connectivity index (χ2v) is 5.55. The topological polar surface area (TPSA) is 75.7 Å². The zero-order chi connectivity index (χ0) is 15.3. The van der Waals surface area contributed by atoms with Crippen LogP contribution in [0.25, 0.3) is 0 Å². The minimum Gasteiger partial charge on any atom is -0.468 e. The fourth-order valence-corrected chi connectivity index (χ4v) is 2.02. The predicted molar refractivity (Wildman–Crippen MR) is 73.8 cm³/mol. The van der Waals surface area contributed by atoms with Crippen molar-refractivity contribution < 1.29 is 19.1 Å². The van der Waals surface area contributed by atoms with Gasteiger partial charge in [-0.25, -0.2) is 0 Å². The van der Waals surface area contributed by atoms with Crippen LogP contribution >= 0.6 is 0 Å². The summed E-state index contributed by atoms with van der Waals surface area (Å²) in [6.45, 7) is 5.97. The molecule has 2 amide bonds. The van der Waals surface area contributed by atoms with Gasteiger partial charge in [0.1, 0.15) is 6.54 Å². The van der Waals surface area contributed by atoms with Crippen LogP contribution in [0.1, 0.15) is 33.6 Å². The van der Waals surface area contributed by atoms with E-state index in [2.05, 4.69) is 10.1 Å². The van der Waals surface area contributed by atoms with Crippen LogP contribution in [0.15, 0.2) is 0 Å². The van der Waals surface area contributed by atoms with Crippen molar-refractivity contribution in [3.05, 3.63) is 0 Å². The van der Waals surface area contributed by atoms with Gasteiger partial charge in [-0.1, -0.05) is 6.92 Å². The van der Waals surface area contributed by atoms with E-state index in [0.717, 1.165) is 6.42 Å². The van der Waals surface area contributed by atoms with E-state index < -0.39 is 5.97 Å². The Hall–Kier alpha value is -1.59. The maximum absolute atomic E-state index is 12.0. The Bertz CT molecular complexity index is 381. The van der Waals surface area contributed by atoms with Crippen molar-refractivity contribution in [2.45, 2.75) is 39.7 Å². The molecule has 6 heteroatoms. The second-order valence-electron chi connectivity index (χ2n) is 5.55. The van der Waals surface area contributed by atoms with Crippen LogP contribution in [0.3, 0.4) is 0 Å². The van der Waals surface area contributed by atoms with Crippen molar-refractivity contribution in [2.75, 3.05) is 20.2 Å². The third-order valence-electron chi connectivity index (χ3n) is 3.56. The molecule has 20 heavy (non-hydrogen) atoms. The van der Waals surface area contributed by atoms with Gasteiger partial charge in [-0.05, 0) is 26.2 Å². The van der Waals surface area contributed by atoms with Gasteiger partial charge in [0, 0.05) is 24.9 Å². The van der Waals surface area contributed by atoms with Crippen molar-refractivity contribution >= 4 is 17.8 Å². The molecule has 0 aromatic heterocycles. The molecule has 2 atom stereocenters. The van der Waals surface area contributed by atoms with Crippen LogP contribution in [0.2, 0.25) is 0 Å². The zero-order valence-electron chi connectivity index (χ0n) is 12.6. The summed E-state index contributed by atoms with van der Waals surface area (Å²) in [5.74, 6) is -0.00892. The molecule has 0 aromatic rings. The lowest BCUT2D eigenvalue weighted by molar-refractivity contribution is -0.148. The minimum absolute atomic E-state index is 0.0226. The van der Waals surface area contributed by atoms with Crippen LogP contribution in [0, 0.1) is 11.8 Å². The average molecular weight is 284 g/mol. The molecule has 1 N–H and O–H groups in total. The number of methoxy groups -OCH3 is 1. The minimum atomic E-state index is -0.442. The number of rotatable bonds is 7. The van der Waals surface area contributed by atoms with E-state index in [1.807, 2.05) is 20.8 Å². The first-order valence-corrected chi connectivity index (χ1v) is 7.00. The van der Waals surface area contributed by atoms with Gasteiger partial charge in [0.2, 0.25) is 11.8 Å². The summed E-state index contributed by atoms with van der Waals surface area (Å²) in [5, 5.41) is 2.76. The lowest BCUT2D eigenvalue weighted by atomic mass is 10.2. The molecule has 1 fully saturated rings. The number of carbonyl (C=O) groups is 3. The Labute approximate surface area is 119 Å². The fourth-order valence-electron chi connectivity index (χ4n) is 2.02. The molecule has 1 rings (SSSR count). The Morgan fingerprint density at radius 2 is 1.95 bits per heavy atom. The number of hydrogen-bond donors (Lipinski definition) is 1. The van der Waals surface area contributed by atoms with E-state index in [0.29, 0.717) is 12.5 Å². The molecule has 0 heterocycles. The summed E-state index contributed by atoms with van der Waals surface area (Å²) in [6, 6.07) is -0.0826. The average Bonchev–Trinajstić information content (AvgIpc) is 3.12. The van der Waals surface area contributed by atoms with Gasteiger partial charge in [-0.2, -0.15) is 0 Å². The summed E-state index contributed by atoms with van der Waals surface area (Å²) in [5.41, 5.74) is 0. The molecular weight excluding hydrogens is 260 g/mol. The van der Waals surface area contributed by atoms with Crippen molar-refractivity contribution in [3.63, 3.8) is 0 Å². The van der Waals surface area contributed by atoms with Crippen LogP contribution < -0.4 is 5.32 Å². The number of nitrogens with one attached hydrogen (secondary N) is 1. The smallest absolute Gasteiger partial charge is 0.325 e. The number of carbonyl (C=O) groups excluding carboxylic acids is 3. The molecule has 0 aliphatic heterocycles. The van der Waals surface area contributed by atoms with Gasteiger partial charge >= 0.3 is 5.97 Å². The highest BCUT2D eigenvalue weighted by Gasteiger charge is 2.38. The first kappa shape index (κ1) is 16.5. The lowest BCUT2D eigenvalue weighted by Crippen LogP contribution is -2.42. The summed E-state index contributed by atoms with van der Waals surface area (Å²) in [6.07, 6.45) is 1.13. The molecule has 0 aromatic carbocycles. The molecule has 1 aliphatic carbocycles. The van der Waals surface area contributed by atoms with Gasteiger partial charge < -0.3 is 15.0 Å². The third kappa shape index (κ3) is 4.83. The quantitative estimate of drug-likeness (QED) is 0.693. The van der Waals surface area contributed by atoms with E-state index in [9.17, 15) is 14.4 Å².